The highest BCUT2D eigenvalue weighted by atomic mass is 16.3. The van der Waals surface area contributed by atoms with Gasteiger partial charge in [-0.05, 0) is 30.0 Å². The molecule has 0 radical (unpaired) electrons. The SMILES string of the molecule is CC(C)C(O)CCNC(=O)Nc1ccc(CC#N)cc1. The number of nitrogens with one attached hydrogen (secondary N) is 2. The van der Waals surface area contributed by atoms with E-state index in [9.17, 15) is 9.90 Å². The second kappa shape index (κ2) is 8.18. The average Bonchev–Trinajstić information content (AvgIpc) is 2.41. The molecule has 0 spiro atoms. The molecule has 0 aliphatic heterocycles. The number of carbonyl (C=O) groups excluding carboxylic acids is 1. The van der Waals surface area contributed by atoms with Crippen molar-refractivity contribution < 1.29 is 9.90 Å². The van der Waals surface area contributed by atoms with Crippen LogP contribution in [0.1, 0.15) is 25.8 Å². The number of benzene rings is 1. The third-order valence-electron chi connectivity index (χ3n) is 2.99. The van der Waals surface area contributed by atoms with Crippen molar-refractivity contribution in [3.8, 4) is 6.07 Å². The van der Waals surface area contributed by atoms with Crippen molar-refractivity contribution in [3.05, 3.63) is 29.8 Å². The van der Waals surface area contributed by atoms with Crippen molar-refractivity contribution >= 4 is 11.7 Å². The monoisotopic (exact) mass is 275 g/mol. The van der Waals surface area contributed by atoms with Gasteiger partial charge in [0.05, 0.1) is 18.6 Å². The number of aliphatic hydroxyl groups is 1. The summed E-state index contributed by atoms with van der Waals surface area (Å²) in [4.78, 5) is 11.6. The molecule has 1 atom stereocenters. The minimum Gasteiger partial charge on any atom is -0.393 e. The van der Waals surface area contributed by atoms with Crippen molar-refractivity contribution in [1.29, 1.82) is 5.26 Å². The van der Waals surface area contributed by atoms with E-state index < -0.39 is 6.10 Å². The Balaban J connectivity index is 2.33. The molecule has 0 aliphatic rings. The van der Waals surface area contributed by atoms with E-state index in [1.807, 2.05) is 13.8 Å². The molecule has 0 aromatic heterocycles. The van der Waals surface area contributed by atoms with E-state index in [4.69, 9.17) is 5.26 Å². The van der Waals surface area contributed by atoms with Crippen LogP contribution in [0.25, 0.3) is 0 Å². The Hall–Kier alpha value is -2.06. The van der Waals surface area contributed by atoms with Crippen LogP contribution in [0.4, 0.5) is 10.5 Å². The standard InChI is InChI=1S/C15H21N3O2/c1-11(2)14(19)8-10-17-15(20)18-13-5-3-12(4-6-13)7-9-16/h3-6,11,14,19H,7-8,10H2,1-2H3,(H2,17,18,20). The van der Waals surface area contributed by atoms with Gasteiger partial charge in [-0.3, -0.25) is 0 Å². The first-order valence-corrected chi connectivity index (χ1v) is 6.71. The van der Waals surface area contributed by atoms with Crippen LogP contribution < -0.4 is 10.6 Å². The molecule has 0 saturated heterocycles. The predicted octanol–water partition coefficient (Wildman–Crippen LogP) is 2.28. The highest BCUT2D eigenvalue weighted by Crippen LogP contribution is 2.09. The molecular formula is C15H21N3O2. The summed E-state index contributed by atoms with van der Waals surface area (Å²) in [6.07, 6.45) is 0.492. The number of urea groups is 1. The molecule has 0 fully saturated rings. The Bertz CT molecular complexity index is 463. The molecule has 0 heterocycles. The maximum absolute atomic E-state index is 11.6. The molecule has 0 saturated carbocycles. The lowest BCUT2D eigenvalue weighted by molar-refractivity contribution is 0.117. The molecule has 20 heavy (non-hydrogen) atoms. The number of amides is 2. The summed E-state index contributed by atoms with van der Waals surface area (Å²) in [5, 5.41) is 23.6. The molecule has 1 aromatic rings. The maximum Gasteiger partial charge on any atom is 0.319 e. The fraction of sp³-hybridized carbons (Fsp3) is 0.467. The Morgan fingerprint density at radius 2 is 2.00 bits per heavy atom. The molecule has 1 rings (SSSR count). The Morgan fingerprint density at radius 3 is 2.55 bits per heavy atom. The van der Waals surface area contributed by atoms with Crippen LogP contribution in [-0.4, -0.2) is 23.8 Å². The summed E-state index contributed by atoms with van der Waals surface area (Å²) < 4.78 is 0. The van der Waals surface area contributed by atoms with Gasteiger partial charge in [0, 0.05) is 12.2 Å². The summed E-state index contributed by atoms with van der Waals surface area (Å²) >= 11 is 0. The zero-order valence-corrected chi connectivity index (χ0v) is 11.9. The fourth-order valence-electron chi connectivity index (χ4n) is 1.64. The molecular weight excluding hydrogens is 254 g/mol. The van der Waals surface area contributed by atoms with Crippen molar-refractivity contribution in [2.45, 2.75) is 32.8 Å². The van der Waals surface area contributed by atoms with Crippen LogP contribution in [0.3, 0.4) is 0 Å². The largest absolute Gasteiger partial charge is 0.393 e. The van der Waals surface area contributed by atoms with Gasteiger partial charge < -0.3 is 15.7 Å². The average molecular weight is 275 g/mol. The van der Waals surface area contributed by atoms with Gasteiger partial charge in [-0.1, -0.05) is 26.0 Å². The van der Waals surface area contributed by atoms with Gasteiger partial charge in [0.1, 0.15) is 0 Å². The number of nitrogens with zero attached hydrogens (tertiary/aromatic N) is 1. The van der Waals surface area contributed by atoms with Gasteiger partial charge in [0.25, 0.3) is 0 Å². The van der Waals surface area contributed by atoms with E-state index in [2.05, 4.69) is 16.7 Å². The first kappa shape index (κ1) is 16.0. The molecule has 0 aliphatic carbocycles. The van der Waals surface area contributed by atoms with Gasteiger partial charge in [-0.15, -0.1) is 0 Å². The van der Waals surface area contributed by atoms with E-state index in [0.717, 1.165) is 5.56 Å². The predicted molar refractivity (Wildman–Crippen MR) is 78.2 cm³/mol. The number of nitriles is 1. The van der Waals surface area contributed by atoms with Gasteiger partial charge in [0.15, 0.2) is 0 Å². The van der Waals surface area contributed by atoms with E-state index in [1.165, 1.54) is 0 Å². The van der Waals surface area contributed by atoms with Crippen LogP contribution in [0.2, 0.25) is 0 Å². The molecule has 5 heteroatoms. The number of anilines is 1. The number of aliphatic hydroxyl groups excluding tert-OH is 1. The zero-order chi connectivity index (χ0) is 15.0. The van der Waals surface area contributed by atoms with E-state index in [0.29, 0.717) is 25.1 Å². The normalized spacial score (nSPS) is 11.8. The lowest BCUT2D eigenvalue weighted by Gasteiger charge is -2.14. The van der Waals surface area contributed by atoms with Crippen LogP contribution >= 0.6 is 0 Å². The van der Waals surface area contributed by atoms with Crippen LogP contribution in [-0.2, 0) is 6.42 Å². The zero-order valence-electron chi connectivity index (χ0n) is 11.9. The summed E-state index contributed by atoms with van der Waals surface area (Å²) in [5.74, 6) is 0.188. The topological polar surface area (TPSA) is 85.2 Å². The minimum atomic E-state index is -0.402. The number of hydrogen-bond donors (Lipinski definition) is 3. The van der Waals surface area contributed by atoms with E-state index in [1.54, 1.807) is 24.3 Å². The Kier molecular flexibility index (Phi) is 6.54. The van der Waals surface area contributed by atoms with Crippen molar-refractivity contribution in [1.82, 2.24) is 5.32 Å². The maximum atomic E-state index is 11.6. The fourth-order valence-corrected chi connectivity index (χ4v) is 1.64. The first-order valence-electron chi connectivity index (χ1n) is 6.71. The smallest absolute Gasteiger partial charge is 0.319 e. The quantitative estimate of drug-likeness (QED) is 0.744. The third kappa shape index (κ3) is 5.72. The summed E-state index contributed by atoms with van der Waals surface area (Å²) in [7, 11) is 0. The van der Waals surface area contributed by atoms with E-state index >= 15 is 0 Å². The number of carbonyl (C=O) groups is 1. The Labute approximate surface area is 119 Å². The number of hydrogen-bond acceptors (Lipinski definition) is 3. The minimum absolute atomic E-state index is 0.188. The number of rotatable bonds is 6. The van der Waals surface area contributed by atoms with Crippen LogP contribution in [0.5, 0.6) is 0 Å². The Morgan fingerprint density at radius 1 is 1.35 bits per heavy atom. The van der Waals surface area contributed by atoms with Crippen molar-refractivity contribution in [2.75, 3.05) is 11.9 Å². The van der Waals surface area contributed by atoms with Gasteiger partial charge in [-0.25, -0.2) is 4.79 Å². The molecule has 3 N–H and O–H groups in total. The first-order chi connectivity index (χ1) is 9.52. The lowest BCUT2D eigenvalue weighted by atomic mass is 10.0. The molecule has 0 bridgehead atoms. The molecule has 5 nitrogen and oxygen atoms in total. The van der Waals surface area contributed by atoms with Crippen LogP contribution in [0, 0.1) is 17.2 Å². The van der Waals surface area contributed by atoms with Gasteiger partial charge >= 0.3 is 6.03 Å². The van der Waals surface area contributed by atoms with Gasteiger partial charge in [-0.2, -0.15) is 5.26 Å². The third-order valence-corrected chi connectivity index (χ3v) is 2.99. The molecule has 108 valence electrons. The molecule has 1 unspecified atom stereocenters. The highest BCUT2D eigenvalue weighted by molar-refractivity contribution is 5.89. The second-order valence-corrected chi connectivity index (χ2v) is 5.01. The van der Waals surface area contributed by atoms with Crippen LogP contribution in [0.15, 0.2) is 24.3 Å². The summed E-state index contributed by atoms with van der Waals surface area (Å²) in [6, 6.07) is 8.90. The lowest BCUT2D eigenvalue weighted by Crippen LogP contribution is -2.32. The highest BCUT2D eigenvalue weighted by Gasteiger charge is 2.09. The molecule has 1 aromatic carbocycles. The summed E-state index contributed by atoms with van der Waals surface area (Å²) in [6.45, 7) is 4.30. The summed E-state index contributed by atoms with van der Waals surface area (Å²) in [5.41, 5.74) is 1.59. The van der Waals surface area contributed by atoms with Crippen molar-refractivity contribution in [2.24, 2.45) is 5.92 Å². The van der Waals surface area contributed by atoms with Gasteiger partial charge in [0.2, 0.25) is 0 Å². The molecule has 2 amide bonds. The van der Waals surface area contributed by atoms with E-state index in [-0.39, 0.29) is 11.9 Å². The van der Waals surface area contributed by atoms with Crippen molar-refractivity contribution in [3.63, 3.8) is 0 Å². The second-order valence-electron chi connectivity index (χ2n) is 5.01.